The van der Waals surface area contributed by atoms with Crippen molar-refractivity contribution in [1.29, 1.82) is 0 Å². The molecule has 1 amide bonds. The number of nitrogens with one attached hydrogen (secondary N) is 1. The Morgan fingerprint density at radius 2 is 1.21 bits per heavy atom. The van der Waals surface area contributed by atoms with Crippen molar-refractivity contribution in [3.63, 3.8) is 0 Å². The van der Waals surface area contributed by atoms with Crippen LogP contribution in [-0.4, -0.2) is 57.9 Å². The van der Waals surface area contributed by atoms with Crippen molar-refractivity contribution in [1.82, 2.24) is 5.32 Å². The van der Waals surface area contributed by atoms with Gasteiger partial charge in [0.05, 0.1) is 39.6 Å². The number of Topliss-reactive ketones (excluding diaryl/α,β-unsaturated/α-hetero) is 1. The Labute approximate surface area is 208 Å². The quantitative estimate of drug-likeness (QED) is 0.122. The minimum Gasteiger partial charge on any atom is -0.379 e. The van der Waals surface area contributed by atoms with Crippen LogP contribution in [0.2, 0.25) is 0 Å². The van der Waals surface area contributed by atoms with E-state index >= 15 is 0 Å². The number of unbranched alkanes of at least 4 members (excludes halogenated alkanes) is 8. The Morgan fingerprint density at radius 1 is 0.647 bits per heavy atom. The largest absolute Gasteiger partial charge is 0.379 e. The van der Waals surface area contributed by atoms with Gasteiger partial charge >= 0.3 is 0 Å². The average Bonchev–Trinajstić information content (AvgIpc) is 2.82. The summed E-state index contributed by atoms with van der Waals surface area (Å²) in [6.07, 6.45) is 23.3. The van der Waals surface area contributed by atoms with E-state index in [1.807, 2.05) is 0 Å². The van der Waals surface area contributed by atoms with Crippen LogP contribution in [-0.2, 0) is 23.8 Å². The van der Waals surface area contributed by atoms with Gasteiger partial charge in [-0.3, -0.25) is 9.59 Å². The van der Waals surface area contributed by atoms with Gasteiger partial charge in [-0.1, -0.05) is 63.3 Å². The first-order valence-corrected chi connectivity index (χ1v) is 13.5. The number of hydrogen-bond donors (Lipinski definition) is 1. The maximum Gasteiger partial charge on any atom is 0.220 e. The number of ketones is 1. The molecule has 0 atom stereocenters. The second-order valence-electron chi connectivity index (χ2n) is 8.62. The number of rotatable bonds is 26. The number of allylic oxidation sites excluding steroid dienone is 4. The lowest BCUT2D eigenvalue weighted by Crippen LogP contribution is -2.27. The fourth-order valence-electron chi connectivity index (χ4n) is 3.21. The van der Waals surface area contributed by atoms with Crippen molar-refractivity contribution in [3.8, 4) is 0 Å². The maximum atomic E-state index is 11.8. The summed E-state index contributed by atoms with van der Waals surface area (Å²) in [6.45, 7) is 7.23. The molecule has 0 bridgehead atoms. The van der Waals surface area contributed by atoms with Crippen LogP contribution in [0.5, 0.6) is 0 Å². The van der Waals surface area contributed by atoms with Gasteiger partial charge in [-0.15, -0.1) is 0 Å². The van der Waals surface area contributed by atoms with E-state index < -0.39 is 0 Å². The third-order valence-corrected chi connectivity index (χ3v) is 5.27. The number of carbonyl (C=O) groups is 2. The number of ether oxygens (including phenoxy) is 3. The molecule has 0 aromatic carbocycles. The number of carbonyl (C=O) groups excluding carboxylic acids is 2. The predicted octanol–water partition coefficient (Wildman–Crippen LogP) is 5.95. The Balaban J connectivity index is 3.25. The van der Waals surface area contributed by atoms with Crippen LogP contribution in [0.3, 0.4) is 0 Å². The average molecular weight is 482 g/mol. The van der Waals surface area contributed by atoms with Gasteiger partial charge in [0.2, 0.25) is 5.91 Å². The molecule has 0 radical (unpaired) electrons. The zero-order valence-corrected chi connectivity index (χ0v) is 22.0. The highest BCUT2D eigenvalue weighted by Gasteiger charge is 2.00. The molecule has 0 spiro atoms. The summed E-state index contributed by atoms with van der Waals surface area (Å²) in [5.41, 5.74) is 0. The molecule has 198 valence electrons. The van der Waals surface area contributed by atoms with Crippen LogP contribution >= 0.6 is 0 Å². The SMILES string of the molecule is CCCCC/C=C\C/C=C\CCCCCCCC(=O)NCCOCCOCCOCCC(C)=O. The lowest BCUT2D eigenvalue weighted by atomic mass is 10.1. The van der Waals surface area contributed by atoms with Gasteiger partial charge in [0, 0.05) is 19.4 Å². The minimum absolute atomic E-state index is 0.105. The van der Waals surface area contributed by atoms with E-state index in [1.54, 1.807) is 6.92 Å². The molecular formula is C28H51NO5. The van der Waals surface area contributed by atoms with E-state index in [2.05, 4.69) is 36.5 Å². The fourth-order valence-corrected chi connectivity index (χ4v) is 3.21. The molecule has 34 heavy (non-hydrogen) atoms. The molecule has 0 unspecified atom stereocenters. The summed E-state index contributed by atoms with van der Waals surface area (Å²) in [5, 5.41) is 2.90. The predicted molar refractivity (Wildman–Crippen MR) is 140 cm³/mol. The van der Waals surface area contributed by atoms with Crippen LogP contribution in [0.4, 0.5) is 0 Å². The van der Waals surface area contributed by atoms with E-state index in [4.69, 9.17) is 14.2 Å². The molecule has 0 fully saturated rings. The van der Waals surface area contributed by atoms with Crippen molar-refractivity contribution >= 4 is 11.7 Å². The standard InChI is InChI=1S/C28H51NO5/c1-3-4-5-6-7-8-9-10-11-12-13-14-15-16-17-18-28(31)29-20-22-33-24-26-34-25-23-32-21-19-27(2)30/h7-8,10-11H,3-6,9,12-26H2,1-2H3,(H,29,31)/b8-7-,11-10-. The second kappa shape index (κ2) is 27.7. The molecule has 0 saturated carbocycles. The zero-order chi connectivity index (χ0) is 25.0. The van der Waals surface area contributed by atoms with E-state index in [0.29, 0.717) is 59.0 Å². The highest BCUT2D eigenvalue weighted by molar-refractivity contribution is 5.75. The minimum atomic E-state index is 0.105. The van der Waals surface area contributed by atoms with Gasteiger partial charge in [-0.25, -0.2) is 0 Å². The summed E-state index contributed by atoms with van der Waals surface area (Å²) >= 11 is 0. The van der Waals surface area contributed by atoms with Gasteiger partial charge in [0.15, 0.2) is 0 Å². The Kier molecular flexibility index (Phi) is 26.5. The highest BCUT2D eigenvalue weighted by atomic mass is 16.5. The molecule has 0 aliphatic carbocycles. The van der Waals surface area contributed by atoms with Crippen LogP contribution in [0.1, 0.15) is 97.3 Å². The highest BCUT2D eigenvalue weighted by Crippen LogP contribution is 2.08. The lowest BCUT2D eigenvalue weighted by Gasteiger charge is -2.08. The van der Waals surface area contributed by atoms with E-state index in [0.717, 1.165) is 25.7 Å². The van der Waals surface area contributed by atoms with Crippen molar-refractivity contribution in [2.75, 3.05) is 46.2 Å². The van der Waals surface area contributed by atoms with Crippen molar-refractivity contribution in [2.24, 2.45) is 0 Å². The summed E-state index contributed by atoms with van der Waals surface area (Å²) in [5.74, 6) is 0.237. The molecule has 1 N–H and O–H groups in total. The number of amides is 1. The van der Waals surface area contributed by atoms with Crippen LogP contribution in [0, 0.1) is 0 Å². The first-order valence-electron chi connectivity index (χ1n) is 13.5. The zero-order valence-electron chi connectivity index (χ0n) is 22.0. The first-order chi connectivity index (χ1) is 16.7. The maximum absolute atomic E-state index is 11.8. The van der Waals surface area contributed by atoms with E-state index in [-0.39, 0.29) is 11.7 Å². The van der Waals surface area contributed by atoms with Gasteiger partial charge in [0.1, 0.15) is 5.78 Å². The van der Waals surface area contributed by atoms with Crippen LogP contribution < -0.4 is 5.32 Å². The molecule has 0 heterocycles. The third-order valence-electron chi connectivity index (χ3n) is 5.27. The molecule has 6 heteroatoms. The van der Waals surface area contributed by atoms with E-state index in [1.165, 1.54) is 44.9 Å². The van der Waals surface area contributed by atoms with Crippen LogP contribution in [0.25, 0.3) is 0 Å². The topological polar surface area (TPSA) is 73.9 Å². The molecule has 0 saturated heterocycles. The van der Waals surface area contributed by atoms with Gasteiger partial charge < -0.3 is 19.5 Å². The summed E-state index contributed by atoms with van der Waals surface area (Å²) in [6, 6.07) is 0. The Morgan fingerprint density at radius 3 is 1.85 bits per heavy atom. The molecular weight excluding hydrogens is 430 g/mol. The Bertz CT molecular complexity index is 519. The van der Waals surface area contributed by atoms with Crippen molar-refractivity contribution < 1.29 is 23.8 Å². The molecule has 0 rings (SSSR count). The summed E-state index contributed by atoms with van der Waals surface area (Å²) in [4.78, 5) is 22.6. The number of hydrogen-bond acceptors (Lipinski definition) is 5. The molecule has 6 nitrogen and oxygen atoms in total. The van der Waals surface area contributed by atoms with Crippen LogP contribution in [0.15, 0.2) is 24.3 Å². The molecule has 0 aromatic rings. The fraction of sp³-hybridized carbons (Fsp3) is 0.786. The molecule has 0 aliphatic heterocycles. The first kappa shape index (κ1) is 32.5. The third kappa shape index (κ3) is 28.5. The summed E-state index contributed by atoms with van der Waals surface area (Å²) < 4.78 is 16.1. The Hall–Kier alpha value is -1.50. The van der Waals surface area contributed by atoms with Gasteiger partial charge in [-0.2, -0.15) is 0 Å². The second-order valence-corrected chi connectivity index (χ2v) is 8.62. The normalized spacial score (nSPS) is 11.6. The monoisotopic (exact) mass is 481 g/mol. The van der Waals surface area contributed by atoms with Gasteiger partial charge in [0.25, 0.3) is 0 Å². The van der Waals surface area contributed by atoms with Gasteiger partial charge in [-0.05, 0) is 45.4 Å². The lowest BCUT2D eigenvalue weighted by molar-refractivity contribution is -0.121. The van der Waals surface area contributed by atoms with E-state index in [9.17, 15) is 9.59 Å². The summed E-state index contributed by atoms with van der Waals surface area (Å²) in [7, 11) is 0. The molecule has 0 aromatic heterocycles. The van der Waals surface area contributed by atoms with Crippen molar-refractivity contribution in [3.05, 3.63) is 24.3 Å². The molecule has 0 aliphatic rings. The smallest absolute Gasteiger partial charge is 0.220 e. The van der Waals surface area contributed by atoms with Crippen molar-refractivity contribution in [2.45, 2.75) is 97.3 Å².